The summed E-state index contributed by atoms with van der Waals surface area (Å²) in [5.74, 6) is 1.13. The van der Waals surface area contributed by atoms with Gasteiger partial charge in [-0.2, -0.15) is 0 Å². The number of pyridine rings is 3. The lowest BCUT2D eigenvalue weighted by molar-refractivity contribution is 0.102. The highest BCUT2D eigenvalue weighted by atomic mass is 32.2. The molecule has 1 saturated heterocycles. The minimum atomic E-state index is -4.00. The molecule has 216 valence electrons. The summed E-state index contributed by atoms with van der Waals surface area (Å²) in [4.78, 5) is 31.5. The van der Waals surface area contributed by atoms with E-state index >= 15 is 0 Å². The lowest BCUT2D eigenvalue weighted by Gasteiger charge is -2.34. The Morgan fingerprint density at radius 1 is 1.23 bits per heavy atom. The third kappa shape index (κ3) is 6.27. The Bertz CT molecular complexity index is 1530. The van der Waals surface area contributed by atoms with Crippen LogP contribution in [0.2, 0.25) is 0 Å². The minimum absolute atomic E-state index is 0. The van der Waals surface area contributed by atoms with Gasteiger partial charge in [-0.3, -0.25) is 4.79 Å². The van der Waals surface area contributed by atoms with Crippen LogP contribution in [-0.2, 0) is 9.84 Å². The molecule has 0 amide bonds. The van der Waals surface area contributed by atoms with Crippen molar-refractivity contribution in [2.75, 3.05) is 41.4 Å². The molecule has 0 spiro atoms. The summed E-state index contributed by atoms with van der Waals surface area (Å²) in [6.07, 6.45) is 2.73. The number of aryl methyl sites for hydroxylation is 1. The van der Waals surface area contributed by atoms with E-state index in [2.05, 4.69) is 55.5 Å². The second-order valence-corrected chi connectivity index (χ2v) is 14.0. The normalized spacial score (nSPS) is 16.9. The Kier molecular flexibility index (Phi) is 8.21. The van der Waals surface area contributed by atoms with Crippen molar-refractivity contribution in [2.24, 2.45) is 11.8 Å². The maximum absolute atomic E-state index is 13.6. The number of nitrogens with two attached hydrogens (primary N) is 1. The molecule has 4 heterocycles. The van der Waals surface area contributed by atoms with Gasteiger partial charge in [0.2, 0.25) is 9.84 Å². The molecule has 0 saturated carbocycles. The van der Waals surface area contributed by atoms with E-state index in [1.807, 2.05) is 14.0 Å². The highest BCUT2D eigenvalue weighted by Gasteiger charge is 2.39. The summed E-state index contributed by atoms with van der Waals surface area (Å²) < 4.78 is 26.1. The average Bonchev–Trinajstić information content (AvgIpc) is 3.14. The van der Waals surface area contributed by atoms with E-state index in [4.69, 9.17) is 15.7 Å². The van der Waals surface area contributed by atoms with Crippen LogP contribution in [0.5, 0.6) is 0 Å². The zero-order valence-corrected chi connectivity index (χ0v) is 25.3. The van der Waals surface area contributed by atoms with Gasteiger partial charge in [0.25, 0.3) is 0 Å². The predicted octanol–water partition coefficient (Wildman–Crippen LogP) is 5.05. The maximum Gasteiger partial charge on any atom is 0.203 e. The van der Waals surface area contributed by atoms with Crippen LogP contribution < -0.4 is 15.5 Å². The Morgan fingerprint density at radius 2 is 1.95 bits per heavy atom. The fraction of sp³-hybridized carbons (Fsp3) is 0.467. The molecule has 3 aromatic heterocycles. The number of Topliss-reactive ketones (excluding diaryl/α,β-unsaturated/α-hetero) is 1. The number of carbonyl (C=O) groups is 1. The van der Waals surface area contributed by atoms with Gasteiger partial charge < -0.3 is 15.5 Å². The van der Waals surface area contributed by atoms with E-state index in [0.29, 0.717) is 29.9 Å². The summed E-state index contributed by atoms with van der Waals surface area (Å²) in [5, 5.41) is -0.217. The van der Waals surface area contributed by atoms with Crippen LogP contribution in [-0.4, -0.2) is 60.6 Å². The summed E-state index contributed by atoms with van der Waals surface area (Å²) in [6, 6.07) is 9.88. The number of hydrogen-bond donors (Lipinski definition) is 1. The molecular formula is C30H42N6O3S. The van der Waals surface area contributed by atoms with E-state index in [0.717, 1.165) is 29.9 Å². The Hall–Kier alpha value is -3.53. The predicted molar refractivity (Wildman–Crippen MR) is 163 cm³/mol. The van der Waals surface area contributed by atoms with Gasteiger partial charge in [0, 0.05) is 38.9 Å². The Labute approximate surface area is 239 Å². The minimum Gasteiger partial charge on any atom is -0.384 e. The van der Waals surface area contributed by atoms with Crippen LogP contribution in [0.15, 0.2) is 47.6 Å². The van der Waals surface area contributed by atoms with Crippen molar-refractivity contribution >= 4 is 33.1 Å². The number of sulfone groups is 1. The number of anilines is 3. The van der Waals surface area contributed by atoms with Crippen molar-refractivity contribution in [1.82, 2.24) is 15.0 Å². The van der Waals surface area contributed by atoms with E-state index in [9.17, 15) is 13.2 Å². The molecule has 0 radical (unpaired) electrons. The van der Waals surface area contributed by atoms with Crippen LogP contribution in [0.3, 0.4) is 0 Å². The van der Waals surface area contributed by atoms with Crippen LogP contribution in [0.1, 0.15) is 58.4 Å². The molecule has 2 N–H and O–H groups in total. The van der Waals surface area contributed by atoms with Gasteiger partial charge >= 0.3 is 0 Å². The molecule has 1 atom stereocenters. The van der Waals surface area contributed by atoms with E-state index in [1.54, 1.807) is 18.3 Å². The molecule has 1 fully saturated rings. The van der Waals surface area contributed by atoms with Gasteiger partial charge in [0.1, 0.15) is 23.2 Å². The lowest BCUT2D eigenvalue weighted by atomic mass is 9.97. The third-order valence-electron chi connectivity index (χ3n) is 7.24. The summed E-state index contributed by atoms with van der Waals surface area (Å²) in [5.41, 5.74) is 8.25. The first-order valence-electron chi connectivity index (χ1n) is 13.6. The van der Waals surface area contributed by atoms with Gasteiger partial charge in [-0.15, -0.1) is 0 Å². The molecule has 1 aliphatic heterocycles. The van der Waals surface area contributed by atoms with Crippen molar-refractivity contribution in [2.45, 2.75) is 58.5 Å². The van der Waals surface area contributed by atoms with Gasteiger partial charge in [-0.1, -0.05) is 26.8 Å². The van der Waals surface area contributed by atoms with Gasteiger partial charge in [0.15, 0.2) is 10.8 Å². The Balaban J connectivity index is 0.00000462. The second kappa shape index (κ2) is 11.2. The quantitative estimate of drug-likeness (QED) is 0.355. The van der Waals surface area contributed by atoms with E-state index in [1.165, 1.54) is 18.2 Å². The monoisotopic (exact) mass is 566 g/mol. The molecule has 4 rings (SSSR count). The fourth-order valence-electron chi connectivity index (χ4n) is 5.66. The molecule has 0 bridgehead atoms. The average molecular weight is 567 g/mol. The number of carbonyl (C=O) groups excluding carboxylic acids is 1. The molecule has 0 aliphatic carbocycles. The molecule has 10 heteroatoms. The third-order valence-corrected chi connectivity index (χ3v) is 8.74. The molecule has 3 aromatic rings. The molecule has 0 aromatic carbocycles. The second-order valence-electron chi connectivity index (χ2n) is 12.0. The first-order valence-corrected chi connectivity index (χ1v) is 15.3. The molecule has 9 nitrogen and oxygen atoms in total. The number of hydrogen-bond acceptors (Lipinski definition) is 9. The van der Waals surface area contributed by atoms with Gasteiger partial charge in [-0.05, 0) is 74.9 Å². The number of nitrogen functional groups attached to an aromatic ring is 1. The zero-order chi connectivity index (χ0) is 29.4. The van der Waals surface area contributed by atoms with Gasteiger partial charge in [-0.25, -0.2) is 23.4 Å². The Morgan fingerprint density at radius 3 is 2.55 bits per heavy atom. The van der Waals surface area contributed by atoms with Crippen LogP contribution >= 0.6 is 0 Å². The molecule has 40 heavy (non-hydrogen) atoms. The topological polar surface area (TPSA) is 122 Å². The standard InChI is InChI=1S/C30H40N6O3S.H2/c1-19(2)16-35(7)28-21(4)13-22(15-32-28)24-12-11-23(29(33-24)36-17-20(3)14-30(36,5)6)25(37)18-40(38,39)27-10-8-9-26(31)34-27;/h8-13,15,19-20H,14,16-18H2,1-7H3,(H2,31,34);1H/t20-;/m0./s1. The summed E-state index contributed by atoms with van der Waals surface area (Å²) in [6.45, 7) is 14.4. The van der Waals surface area contributed by atoms with Crippen molar-refractivity contribution in [3.05, 3.63) is 53.7 Å². The molecular weight excluding hydrogens is 524 g/mol. The summed E-state index contributed by atoms with van der Waals surface area (Å²) in [7, 11) is -1.96. The smallest absolute Gasteiger partial charge is 0.203 e. The number of aromatic nitrogens is 3. The first-order chi connectivity index (χ1) is 18.7. The van der Waals surface area contributed by atoms with Crippen molar-refractivity contribution in [3.63, 3.8) is 0 Å². The highest BCUT2D eigenvalue weighted by molar-refractivity contribution is 7.92. The number of ketones is 1. The van der Waals surface area contributed by atoms with E-state index in [-0.39, 0.29) is 23.4 Å². The largest absolute Gasteiger partial charge is 0.384 e. The zero-order valence-electron chi connectivity index (χ0n) is 24.5. The van der Waals surface area contributed by atoms with Gasteiger partial charge in [0.05, 0.1) is 11.3 Å². The highest BCUT2D eigenvalue weighted by Crippen LogP contribution is 2.38. The SMILES string of the molecule is Cc1cc(-c2ccc(C(=O)CS(=O)(=O)c3cccc(N)n3)c(N3C[C@@H](C)CC3(C)C)n2)cnc1N(C)CC(C)C.[HH]. The van der Waals surface area contributed by atoms with Crippen molar-refractivity contribution < 1.29 is 14.6 Å². The molecule has 0 unspecified atom stereocenters. The number of rotatable bonds is 9. The van der Waals surface area contributed by atoms with Crippen LogP contribution in [0.4, 0.5) is 17.5 Å². The fourth-order valence-corrected chi connectivity index (χ4v) is 6.84. The molecule has 1 aliphatic rings. The number of nitrogens with zero attached hydrogens (tertiary/aromatic N) is 5. The lowest BCUT2D eigenvalue weighted by Crippen LogP contribution is -2.40. The van der Waals surface area contributed by atoms with Crippen LogP contribution in [0.25, 0.3) is 11.3 Å². The van der Waals surface area contributed by atoms with Crippen molar-refractivity contribution in [3.8, 4) is 11.3 Å². The van der Waals surface area contributed by atoms with Crippen LogP contribution in [0, 0.1) is 18.8 Å². The van der Waals surface area contributed by atoms with Crippen molar-refractivity contribution in [1.29, 1.82) is 0 Å². The maximum atomic E-state index is 13.6. The first kappa shape index (κ1) is 29.5. The summed E-state index contributed by atoms with van der Waals surface area (Å²) >= 11 is 0. The van der Waals surface area contributed by atoms with E-state index < -0.39 is 21.4 Å².